The lowest BCUT2D eigenvalue weighted by atomic mass is 9.95. The molecular weight excluding hydrogens is 302 g/mol. The van der Waals surface area contributed by atoms with E-state index < -0.39 is 17.6 Å². The van der Waals surface area contributed by atoms with Gasteiger partial charge in [-0.2, -0.15) is 5.10 Å². The van der Waals surface area contributed by atoms with E-state index in [-0.39, 0.29) is 18.0 Å². The van der Waals surface area contributed by atoms with Crippen LogP contribution in [0.1, 0.15) is 47.4 Å². The molecule has 1 aromatic heterocycles. The van der Waals surface area contributed by atoms with E-state index >= 15 is 0 Å². The van der Waals surface area contributed by atoms with Gasteiger partial charge in [-0.15, -0.1) is 0 Å². The molecule has 0 aliphatic heterocycles. The van der Waals surface area contributed by atoms with Gasteiger partial charge in [0.1, 0.15) is 11.5 Å². The molecule has 120 valence electrons. The zero-order chi connectivity index (χ0) is 16.1. The number of rotatable bonds is 3. The molecule has 2 unspecified atom stereocenters. The van der Waals surface area contributed by atoms with Crippen molar-refractivity contribution >= 4 is 5.97 Å². The summed E-state index contributed by atoms with van der Waals surface area (Å²) < 4.78 is 33.9. The largest absolute Gasteiger partial charge is 0.461 e. The third-order valence-electron chi connectivity index (χ3n) is 4.67. The van der Waals surface area contributed by atoms with Crippen LogP contribution in [0.3, 0.4) is 0 Å². The molecule has 1 aromatic carbocycles. The zero-order valence-corrected chi connectivity index (χ0v) is 12.7. The monoisotopic (exact) mass is 318 g/mol. The van der Waals surface area contributed by atoms with Crippen molar-refractivity contribution in [2.75, 3.05) is 6.61 Å². The van der Waals surface area contributed by atoms with Gasteiger partial charge in [0, 0.05) is 17.5 Å². The van der Waals surface area contributed by atoms with Gasteiger partial charge in [-0.1, -0.05) is 0 Å². The fraction of sp³-hybridized carbons (Fsp3) is 0.412. The Kier molecular flexibility index (Phi) is 3.21. The van der Waals surface area contributed by atoms with Gasteiger partial charge in [-0.3, -0.25) is 0 Å². The maximum atomic E-state index is 14.2. The lowest BCUT2D eigenvalue weighted by molar-refractivity contribution is 0.0517. The topological polar surface area (TPSA) is 44.1 Å². The van der Waals surface area contributed by atoms with Gasteiger partial charge >= 0.3 is 5.97 Å². The number of fused-ring (bicyclic) bond motifs is 3. The van der Waals surface area contributed by atoms with Gasteiger partial charge in [0.15, 0.2) is 11.5 Å². The van der Waals surface area contributed by atoms with Gasteiger partial charge in [0.2, 0.25) is 0 Å². The summed E-state index contributed by atoms with van der Waals surface area (Å²) in [7, 11) is 0. The fourth-order valence-corrected chi connectivity index (χ4v) is 3.52. The van der Waals surface area contributed by atoms with Crippen molar-refractivity contribution in [3.63, 3.8) is 0 Å². The summed E-state index contributed by atoms with van der Waals surface area (Å²) in [4.78, 5) is 12.2. The van der Waals surface area contributed by atoms with E-state index in [4.69, 9.17) is 4.74 Å². The van der Waals surface area contributed by atoms with Crippen LogP contribution in [-0.4, -0.2) is 22.4 Å². The summed E-state index contributed by atoms with van der Waals surface area (Å²) in [6.45, 7) is 2.00. The zero-order valence-electron chi connectivity index (χ0n) is 12.7. The number of hydrogen-bond donors (Lipinski definition) is 0. The molecule has 0 radical (unpaired) electrons. The Morgan fingerprint density at radius 3 is 3.00 bits per heavy atom. The summed E-state index contributed by atoms with van der Waals surface area (Å²) >= 11 is 0. The number of nitrogens with zero attached hydrogens (tertiary/aromatic N) is 2. The number of ether oxygens (including phenoxy) is 1. The van der Waals surface area contributed by atoms with Gasteiger partial charge in [-0.05, 0) is 44.2 Å². The summed E-state index contributed by atoms with van der Waals surface area (Å²) in [6, 6.07) is 3.39. The second-order valence-electron chi connectivity index (χ2n) is 6.08. The molecule has 0 spiro atoms. The van der Waals surface area contributed by atoms with E-state index in [1.165, 1.54) is 16.8 Å². The third kappa shape index (κ3) is 2.24. The van der Waals surface area contributed by atoms with Crippen LogP contribution in [0.25, 0.3) is 5.69 Å². The number of aromatic nitrogens is 2. The average Bonchev–Trinajstić information content (AvgIpc) is 3.21. The smallest absolute Gasteiger partial charge is 0.359 e. The van der Waals surface area contributed by atoms with Crippen LogP contribution in [0, 0.1) is 17.6 Å². The SMILES string of the molecule is CCOC(=O)c1nn(-c2ccc(F)cc2F)c2c1CCC1CC21. The molecule has 2 aromatic rings. The number of carbonyl (C=O) groups is 1. The van der Waals surface area contributed by atoms with Crippen molar-refractivity contribution in [1.29, 1.82) is 0 Å². The van der Waals surface area contributed by atoms with Crippen molar-refractivity contribution < 1.29 is 18.3 Å². The highest BCUT2D eigenvalue weighted by molar-refractivity contribution is 5.89. The van der Waals surface area contributed by atoms with Crippen LogP contribution >= 0.6 is 0 Å². The molecule has 2 aliphatic carbocycles. The Morgan fingerprint density at radius 2 is 2.26 bits per heavy atom. The quantitative estimate of drug-likeness (QED) is 0.815. The number of hydrogen-bond acceptors (Lipinski definition) is 3. The maximum absolute atomic E-state index is 14.2. The average molecular weight is 318 g/mol. The first-order valence-corrected chi connectivity index (χ1v) is 7.84. The molecule has 1 fully saturated rings. The molecule has 0 N–H and O–H groups in total. The van der Waals surface area contributed by atoms with Crippen LogP contribution < -0.4 is 0 Å². The minimum atomic E-state index is -0.687. The number of carbonyl (C=O) groups excluding carboxylic acids is 1. The normalized spacial score (nSPS) is 21.5. The van der Waals surface area contributed by atoms with Crippen LogP contribution in [0.4, 0.5) is 8.78 Å². The minimum absolute atomic E-state index is 0.172. The third-order valence-corrected chi connectivity index (χ3v) is 4.67. The Hall–Kier alpha value is -2.24. The Labute approximate surface area is 132 Å². The molecule has 6 heteroatoms. The second-order valence-corrected chi connectivity index (χ2v) is 6.08. The van der Waals surface area contributed by atoms with Crippen molar-refractivity contribution in [3.8, 4) is 5.69 Å². The predicted molar refractivity (Wildman–Crippen MR) is 78.6 cm³/mol. The Bertz CT molecular complexity index is 800. The van der Waals surface area contributed by atoms with Crippen molar-refractivity contribution in [1.82, 2.24) is 9.78 Å². The molecule has 0 amide bonds. The van der Waals surface area contributed by atoms with Crippen molar-refractivity contribution in [2.45, 2.75) is 32.1 Å². The maximum Gasteiger partial charge on any atom is 0.359 e. The van der Waals surface area contributed by atoms with Gasteiger partial charge in [-0.25, -0.2) is 18.3 Å². The molecule has 4 nitrogen and oxygen atoms in total. The molecule has 0 saturated heterocycles. The summed E-state index contributed by atoms with van der Waals surface area (Å²) in [5.41, 5.74) is 2.17. The lowest BCUT2D eigenvalue weighted by Gasteiger charge is -2.14. The van der Waals surface area contributed by atoms with Gasteiger partial charge in [0.25, 0.3) is 0 Å². The summed E-state index contributed by atoms with van der Waals surface area (Å²) in [5.74, 6) is -0.921. The predicted octanol–water partition coefficient (Wildman–Crippen LogP) is 3.38. The molecule has 4 rings (SSSR count). The standard InChI is InChI=1S/C17H16F2N2O2/c1-2-23-17(22)15-11-5-3-9-7-12(9)16(11)21(20-15)14-6-4-10(18)8-13(14)19/h4,6,8-9,12H,2-3,5,7H2,1H3. The molecule has 0 bridgehead atoms. The van der Waals surface area contributed by atoms with Crippen LogP contribution in [0.15, 0.2) is 18.2 Å². The summed E-state index contributed by atoms with van der Waals surface area (Å²) in [5, 5.41) is 4.33. The highest BCUT2D eigenvalue weighted by Gasteiger charge is 2.47. The number of halogens is 2. The first kappa shape index (κ1) is 14.4. The van der Waals surface area contributed by atoms with E-state index in [2.05, 4.69) is 5.10 Å². The molecular formula is C17H16F2N2O2. The highest BCUT2D eigenvalue weighted by Crippen LogP contribution is 2.55. The van der Waals surface area contributed by atoms with E-state index in [0.717, 1.165) is 36.6 Å². The van der Waals surface area contributed by atoms with Crippen molar-refractivity contribution in [2.24, 2.45) is 5.92 Å². The molecule has 2 aliphatic rings. The molecule has 2 atom stereocenters. The van der Waals surface area contributed by atoms with E-state index in [1.54, 1.807) is 6.92 Å². The Morgan fingerprint density at radius 1 is 1.43 bits per heavy atom. The van der Waals surface area contributed by atoms with Crippen molar-refractivity contribution in [3.05, 3.63) is 46.8 Å². The first-order chi connectivity index (χ1) is 11.1. The van der Waals surface area contributed by atoms with Gasteiger partial charge < -0.3 is 4.74 Å². The van der Waals surface area contributed by atoms with E-state index in [0.29, 0.717) is 11.8 Å². The van der Waals surface area contributed by atoms with Gasteiger partial charge in [0.05, 0.1) is 12.3 Å². The van der Waals surface area contributed by atoms with Crippen LogP contribution in [0.2, 0.25) is 0 Å². The highest BCUT2D eigenvalue weighted by atomic mass is 19.1. The van der Waals surface area contributed by atoms with E-state index in [9.17, 15) is 13.6 Å². The minimum Gasteiger partial charge on any atom is -0.461 e. The van der Waals surface area contributed by atoms with Crippen LogP contribution in [0.5, 0.6) is 0 Å². The number of esters is 1. The first-order valence-electron chi connectivity index (χ1n) is 7.84. The fourth-order valence-electron chi connectivity index (χ4n) is 3.52. The lowest BCUT2D eigenvalue weighted by Crippen LogP contribution is -2.10. The van der Waals surface area contributed by atoms with E-state index in [1.807, 2.05) is 0 Å². The molecule has 1 saturated carbocycles. The van der Waals surface area contributed by atoms with Crippen LogP contribution in [-0.2, 0) is 11.2 Å². The Balaban J connectivity index is 1.88. The molecule has 1 heterocycles. The number of benzene rings is 1. The summed E-state index contributed by atoms with van der Waals surface area (Å²) in [6.07, 6.45) is 2.79. The second kappa shape index (κ2) is 5.15. The molecule has 23 heavy (non-hydrogen) atoms.